The van der Waals surface area contributed by atoms with Crippen LogP contribution in [0.25, 0.3) is 0 Å². The Bertz CT molecular complexity index is 533. The van der Waals surface area contributed by atoms with Gasteiger partial charge in [0.15, 0.2) is 0 Å². The number of benzene rings is 1. The van der Waals surface area contributed by atoms with Crippen molar-refractivity contribution in [3.05, 3.63) is 33.9 Å². The van der Waals surface area contributed by atoms with E-state index in [-0.39, 0.29) is 24.5 Å². The molecule has 1 heterocycles. The van der Waals surface area contributed by atoms with Crippen LogP contribution in [0, 0.1) is 10.1 Å². The molecule has 2 rings (SSSR count). The average Bonchev–Trinajstić information content (AvgIpc) is 2.46. The molecule has 1 unspecified atom stereocenters. The van der Waals surface area contributed by atoms with Crippen LogP contribution in [0.3, 0.4) is 0 Å². The number of carbonyl (C=O) groups is 1. The summed E-state index contributed by atoms with van der Waals surface area (Å²) in [4.78, 5) is 23.2. The highest BCUT2D eigenvalue weighted by Gasteiger charge is 2.31. The third-order valence-electron chi connectivity index (χ3n) is 3.18. The summed E-state index contributed by atoms with van der Waals surface area (Å²) >= 11 is 0. The van der Waals surface area contributed by atoms with Gasteiger partial charge in [-0.2, -0.15) is 0 Å². The first-order valence-electron chi connectivity index (χ1n) is 6.02. The van der Waals surface area contributed by atoms with Crippen LogP contribution in [0.5, 0.6) is 0 Å². The first-order chi connectivity index (χ1) is 9.56. The third-order valence-corrected chi connectivity index (χ3v) is 3.18. The van der Waals surface area contributed by atoms with Crippen molar-refractivity contribution in [2.75, 3.05) is 31.3 Å². The molecule has 1 aliphatic heterocycles. The molecule has 1 atom stereocenters. The van der Waals surface area contributed by atoms with Crippen molar-refractivity contribution in [2.45, 2.75) is 6.04 Å². The van der Waals surface area contributed by atoms with E-state index in [1.165, 1.54) is 18.2 Å². The highest BCUT2D eigenvalue weighted by atomic mass is 16.6. The number of carboxylic acids is 1. The predicted molar refractivity (Wildman–Crippen MR) is 69.1 cm³/mol. The predicted octanol–water partition coefficient (Wildman–Crippen LogP) is 0.491. The Balaban J connectivity index is 2.52. The number of hydrogen-bond acceptors (Lipinski definition) is 6. The van der Waals surface area contributed by atoms with E-state index in [9.17, 15) is 20.0 Å². The zero-order chi connectivity index (χ0) is 14.7. The Hall–Kier alpha value is -2.19. The number of hydrogen-bond donors (Lipinski definition) is 2. The Morgan fingerprint density at radius 2 is 2.30 bits per heavy atom. The van der Waals surface area contributed by atoms with Crippen molar-refractivity contribution in [1.29, 1.82) is 0 Å². The molecular formula is C12H14N2O6. The second-order valence-electron chi connectivity index (χ2n) is 4.34. The summed E-state index contributed by atoms with van der Waals surface area (Å²) in [5.74, 6) is -1.35. The molecule has 0 bridgehead atoms. The minimum absolute atomic E-state index is 0.192. The lowest BCUT2D eigenvalue weighted by molar-refractivity contribution is -0.384. The zero-order valence-electron chi connectivity index (χ0n) is 10.6. The highest BCUT2D eigenvalue weighted by Crippen LogP contribution is 2.33. The van der Waals surface area contributed by atoms with E-state index in [0.717, 1.165) is 0 Å². The molecule has 1 fully saturated rings. The SMILES string of the molecule is O=C(O)c1cccc(N2CCOCC2CO)c1[N+](=O)[O-]. The molecule has 108 valence electrons. The topological polar surface area (TPSA) is 113 Å². The van der Waals surface area contributed by atoms with Crippen LogP contribution in [-0.4, -0.2) is 53.5 Å². The number of rotatable bonds is 4. The largest absolute Gasteiger partial charge is 0.477 e. The maximum Gasteiger partial charge on any atom is 0.342 e. The summed E-state index contributed by atoms with van der Waals surface area (Å²) in [5.41, 5.74) is -0.631. The van der Waals surface area contributed by atoms with Gasteiger partial charge in [-0.15, -0.1) is 0 Å². The number of morpholine rings is 1. The van der Waals surface area contributed by atoms with Gasteiger partial charge in [-0.05, 0) is 12.1 Å². The molecule has 0 saturated carbocycles. The molecular weight excluding hydrogens is 268 g/mol. The number of carboxylic acid groups (broad SMARTS) is 1. The van der Waals surface area contributed by atoms with Gasteiger partial charge in [0.2, 0.25) is 0 Å². The molecule has 0 amide bonds. The minimum atomic E-state index is -1.35. The number of para-hydroxylation sites is 1. The molecule has 8 heteroatoms. The Morgan fingerprint density at radius 1 is 1.55 bits per heavy atom. The van der Waals surface area contributed by atoms with Crippen LogP contribution in [0.2, 0.25) is 0 Å². The molecule has 0 aliphatic carbocycles. The van der Waals surface area contributed by atoms with E-state index < -0.39 is 22.6 Å². The second-order valence-corrected chi connectivity index (χ2v) is 4.34. The van der Waals surface area contributed by atoms with E-state index in [1.54, 1.807) is 4.90 Å². The van der Waals surface area contributed by atoms with Crippen LogP contribution < -0.4 is 4.90 Å². The summed E-state index contributed by atoms with van der Waals surface area (Å²) in [6.45, 7) is 0.736. The van der Waals surface area contributed by atoms with E-state index in [4.69, 9.17) is 9.84 Å². The third kappa shape index (κ3) is 2.56. The number of anilines is 1. The standard InChI is InChI=1S/C12H14N2O6/c15-6-8-7-20-5-4-13(8)10-3-1-2-9(12(16)17)11(10)14(18)19/h1-3,8,15H,4-7H2,(H,16,17). The van der Waals surface area contributed by atoms with Gasteiger partial charge < -0.3 is 19.8 Å². The van der Waals surface area contributed by atoms with Crippen molar-refractivity contribution in [1.82, 2.24) is 0 Å². The maximum absolute atomic E-state index is 11.2. The number of nitrogens with zero attached hydrogens (tertiary/aromatic N) is 2. The monoisotopic (exact) mass is 282 g/mol. The van der Waals surface area contributed by atoms with Gasteiger partial charge in [-0.25, -0.2) is 4.79 Å². The van der Waals surface area contributed by atoms with Crippen LogP contribution >= 0.6 is 0 Å². The molecule has 8 nitrogen and oxygen atoms in total. The fourth-order valence-corrected chi connectivity index (χ4v) is 2.25. The van der Waals surface area contributed by atoms with E-state index in [0.29, 0.717) is 13.2 Å². The molecule has 1 aliphatic rings. The number of aromatic carboxylic acids is 1. The average molecular weight is 282 g/mol. The van der Waals surface area contributed by atoms with Crippen LogP contribution in [-0.2, 0) is 4.74 Å². The molecule has 0 spiro atoms. The summed E-state index contributed by atoms with van der Waals surface area (Å²) in [7, 11) is 0. The lowest BCUT2D eigenvalue weighted by Gasteiger charge is -2.35. The first-order valence-corrected chi connectivity index (χ1v) is 6.02. The van der Waals surface area contributed by atoms with Crippen molar-refractivity contribution in [2.24, 2.45) is 0 Å². The van der Waals surface area contributed by atoms with Crippen LogP contribution in [0.15, 0.2) is 18.2 Å². The van der Waals surface area contributed by atoms with Gasteiger partial charge in [0.25, 0.3) is 0 Å². The van der Waals surface area contributed by atoms with E-state index in [1.807, 2.05) is 0 Å². The maximum atomic E-state index is 11.2. The van der Waals surface area contributed by atoms with Crippen LogP contribution in [0.4, 0.5) is 11.4 Å². The Labute approximate surface area is 114 Å². The van der Waals surface area contributed by atoms with Gasteiger partial charge >= 0.3 is 11.7 Å². The van der Waals surface area contributed by atoms with Gasteiger partial charge in [0.1, 0.15) is 11.3 Å². The van der Waals surface area contributed by atoms with Gasteiger partial charge in [0.05, 0.1) is 30.8 Å². The fourth-order valence-electron chi connectivity index (χ4n) is 2.25. The van der Waals surface area contributed by atoms with Crippen molar-refractivity contribution >= 4 is 17.3 Å². The molecule has 0 radical (unpaired) electrons. The minimum Gasteiger partial charge on any atom is -0.477 e. The van der Waals surface area contributed by atoms with Gasteiger partial charge in [-0.3, -0.25) is 10.1 Å². The van der Waals surface area contributed by atoms with Gasteiger partial charge in [0, 0.05) is 6.54 Å². The lowest BCUT2D eigenvalue weighted by Crippen LogP contribution is -2.48. The second kappa shape index (κ2) is 5.85. The highest BCUT2D eigenvalue weighted by molar-refractivity contribution is 5.95. The number of nitro groups is 1. The lowest BCUT2D eigenvalue weighted by atomic mass is 10.1. The van der Waals surface area contributed by atoms with E-state index >= 15 is 0 Å². The summed E-state index contributed by atoms with van der Waals surface area (Å²) in [6.07, 6.45) is 0. The fraction of sp³-hybridized carbons (Fsp3) is 0.417. The van der Waals surface area contributed by atoms with Gasteiger partial charge in [-0.1, -0.05) is 6.07 Å². The molecule has 1 aromatic rings. The molecule has 0 aromatic heterocycles. The molecule has 20 heavy (non-hydrogen) atoms. The number of aliphatic hydroxyl groups excluding tert-OH is 1. The van der Waals surface area contributed by atoms with Crippen molar-refractivity contribution in [3.8, 4) is 0 Å². The zero-order valence-corrected chi connectivity index (χ0v) is 10.6. The summed E-state index contributed by atoms with van der Waals surface area (Å²) in [6, 6.07) is 3.71. The summed E-state index contributed by atoms with van der Waals surface area (Å²) in [5, 5.41) is 29.6. The Morgan fingerprint density at radius 3 is 2.90 bits per heavy atom. The number of nitro benzene ring substituents is 1. The van der Waals surface area contributed by atoms with Crippen molar-refractivity contribution < 1.29 is 24.7 Å². The molecule has 2 N–H and O–H groups in total. The Kier molecular flexibility index (Phi) is 4.16. The van der Waals surface area contributed by atoms with Crippen molar-refractivity contribution in [3.63, 3.8) is 0 Å². The number of ether oxygens (including phenoxy) is 1. The normalized spacial score (nSPS) is 18.9. The van der Waals surface area contributed by atoms with Crippen LogP contribution in [0.1, 0.15) is 10.4 Å². The quantitative estimate of drug-likeness (QED) is 0.610. The summed E-state index contributed by atoms with van der Waals surface area (Å²) < 4.78 is 5.21. The number of aliphatic hydroxyl groups is 1. The smallest absolute Gasteiger partial charge is 0.342 e. The molecule has 1 aromatic carbocycles. The molecule has 1 saturated heterocycles. The van der Waals surface area contributed by atoms with E-state index in [2.05, 4.69) is 0 Å². The first kappa shape index (κ1) is 14.2.